The van der Waals surface area contributed by atoms with E-state index in [0.717, 1.165) is 44.8 Å². The van der Waals surface area contributed by atoms with Crippen molar-refractivity contribution in [3.8, 4) is 5.75 Å². The Bertz CT molecular complexity index is 526. The van der Waals surface area contributed by atoms with E-state index in [1.165, 1.54) is 36.3 Å². The van der Waals surface area contributed by atoms with Crippen LogP contribution < -0.4 is 9.64 Å². The van der Waals surface area contributed by atoms with Crippen LogP contribution in [0.25, 0.3) is 0 Å². The van der Waals surface area contributed by atoms with Gasteiger partial charge in [-0.1, -0.05) is 12.1 Å². The summed E-state index contributed by atoms with van der Waals surface area (Å²) in [5, 5.41) is 0. The largest absolute Gasteiger partial charge is 0.497 e. The molecular formula is C19H29N2O2+. The van der Waals surface area contributed by atoms with E-state index in [4.69, 9.17) is 4.74 Å². The summed E-state index contributed by atoms with van der Waals surface area (Å²) in [6.07, 6.45) is 5.86. The van der Waals surface area contributed by atoms with Gasteiger partial charge in [0.05, 0.1) is 26.1 Å². The molecule has 0 radical (unpaired) electrons. The van der Waals surface area contributed by atoms with Crippen molar-refractivity contribution in [2.24, 2.45) is 5.92 Å². The number of nitrogens with one attached hydrogen (secondary N) is 1. The van der Waals surface area contributed by atoms with Crippen LogP contribution in [0, 0.1) is 5.92 Å². The standard InChI is InChI=1S/C19H28N2O2/c1-23-18-9-5-7-16(13-18)14-20-10-6-8-17(15-20)19(22)21-11-3-2-4-12-21/h5,7,9,13,17H,2-4,6,8,10-12,14-15H2,1H3/p+1/t17-/m0/s1. The first-order valence-electron chi connectivity index (χ1n) is 9.01. The summed E-state index contributed by atoms with van der Waals surface area (Å²) >= 11 is 0. The highest BCUT2D eigenvalue weighted by Crippen LogP contribution is 2.17. The lowest BCUT2D eigenvalue weighted by Crippen LogP contribution is -3.12. The van der Waals surface area contributed by atoms with E-state index >= 15 is 0 Å². The maximum Gasteiger partial charge on any atom is 0.231 e. The second-order valence-corrected chi connectivity index (χ2v) is 6.96. The lowest BCUT2D eigenvalue weighted by atomic mass is 9.95. The predicted octanol–water partition coefficient (Wildman–Crippen LogP) is 1.50. The van der Waals surface area contributed by atoms with E-state index in [9.17, 15) is 4.79 Å². The van der Waals surface area contributed by atoms with Gasteiger partial charge in [0.2, 0.25) is 5.91 Å². The first-order chi connectivity index (χ1) is 11.3. The first kappa shape index (κ1) is 16.3. The van der Waals surface area contributed by atoms with Gasteiger partial charge in [-0.2, -0.15) is 0 Å². The Balaban J connectivity index is 1.58. The highest BCUT2D eigenvalue weighted by molar-refractivity contribution is 5.79. The van der Waals surface area contributed by atoms with Crippen molar-refractivity contribution >= 4 is 5.91 Å². The molecule has 4 nitrogen and oxygen atoms in total. The minimum atomic E-state index is 0.224. The fourth-order valence-corrected chi connectivity index (χ4v) is 3.97. The molecule has 2 heterocycles. The van der Waals surface area contributed by atoms with Crippen LogP contribution in [0.3, 0.4) is 0 Å². The third-order valence-electron chi connectivity index (χ3n) is 5.22. The number of benzene rings is 1. The van der Waals surface area contributed by atoms with Crippen molar-refractivity contribution in [3.05, 3.63) is 29.8 Å². The number of piperidine rings is 2. The molecule has 1 amide bonds. The molecule has 0 bridgehead atoms. The summed E-state index contributed by atoms with van der Waals surface area (Å²) in [6.45, 7) is 5.08. The molecule has 1 N–H and O–H groups in total. The lowest BCUT2D eigenvalue weighted by molar-refractivity contribution is -0.921. The third kappa shape index (κ3) is 4.25. The van der Waals surface area contributed by atoms with Gasteiger partial charge in [0, 0.05) is 18.7 Å². The van der Waals surface area contributed by atoms with Gasteiger partial charge in [-0.25, -0.2) is 0 Å². The fraction of sp³-hybridized carbons (Fsp3) is 0.632. The zero-order valence-electron chi connectivity index (χ0n) is 14.2. The maximum absolute atomic E-state index is 12.7. The molecule has 2 aliphatic rings. The Labute approximate surface area is 139 Å². The average Bonchev–Trinajstić information content (AvgIpc) is 2.62. The van der Waals surface area contributed by atoms with Crippen molar-refractivity contribution in [3.63, 3.8) is 0 Å². The predicted molar refractivity (Wildman–Crippen MR) is 90.5 cm³/mol. The van der Waals surface area contributed by atoms with Crippen molar-refractivity contribution in [2.45, 2.75) is 38.6 Å². The normalized spacial score (nSPS) is 25.2. The Morgan fingerprint density at radius 3 is 2.87 bits per heavy atom. The summed E-state index contributed by atoms with van der Waals surface area (Å²) in [7, 11) is 1.71. The fourth-order valence-electron chi connectivity index (χ4n) is 3.97. The van der Waals surface area contributed by atoms with Gasteiger partial charge >= 0.3 is 0 Å². The molecule has 0 spiro atoms. The Morgan fingerprint density at radius 1 is 1.26 bits per heavy atom. The Hall–Kier alpha value is -1.55. The average molecular weight is 317 g/mol. The molecular weight excluding hydrogens is 288 g/mol. The van der Waals surface area contributed by atoms with Gasteiger partial charge in [0.1, 0.15) is 12.3 Å². The van der Waals surface area contributed by atoms with E-state index < -0.39 is 0 Å². The van der Waals surface area contributed by atoms with Crippen molar-refractivity contribution in [1.82, 2.24) is 4.90 Å². The monoisotopic (exact) mass is 317 g/mol. The number of hydrogen-bond donors (Lipinski definition) is 1. The highest BCUT2D eigenvalue weighted by Gasteiger charge is 2.32. The van der Waals surface area contributed by atoms with Crippen LogP contribution in [0.5, 0.6) is 5.75 Å². The molecule has 126 valence electrons. The van der Waals surface area contributed by atoms with Crippen LogP contribution in [-0.2, 0) is 11.3 Å². The molecule has 2 saturated heterocycles. The van der Waals surface area contributed by atoms with Crippen LogP contribution in [0.1, 0.15) is 37.7 Å². The minimum absolute atomic E-state index is 0.224. The SMILES string of the molecule is COc1cccc(C[NH+]2CCC[C@H](C(=O)N3CCCCC3)C2)c1. The van der Waals surface area contributed by atoms with Crippen molar-refractivity contribution < 1.29 is 14.4 Å². The summed E-state index contributed by atoms with van der Waals surface area (Å²) in [5.41, 5.74) is 1.30. The molecule has 23 heavy (non-hydrogen) atoms. The molecule has 1 aromatic rings. The number of nitrogens with zero attached hydrogens (tertiary/aromatic N) is 1. The minimum Gasteiger partial charge on any atom is -0.497 e. The number of quaternary nitrogens is 1. The molecule has 2 aliphatic heterocycles. The van der Waals surface area contributed by atoms with Crippen molar-refractivity contribution in [2.75, 3.05) is 33.3 Å². The Morgan fingerprint density at radius 2 is 2.09 bits per heavy atom. The summed E-state index contributed by atoms with van der Waals surface area (Å²) in [6, 6.07) is 8.31. The van der Waals surface area contributed by atoms with E-state index in [2.05, 4.69) is 17.0 Å². The zero-order valence-corrected chi connectivity index (χ0v) is 14.2. The van der Waals surface area contributed by atoms with E-state index in [-0.39, 0.29) is 5.92 Å². The molecule has 2 fully saturated rings. The summed E-state index contributed by atoms with van der Waals surface area (Å²) in [5.74, 6) is 1.55. The second kappa shape index (κ2) is 7.82. The third-order valence-corrected chi connectivity index (χ3v) is 5.22. The van der Waals surface area contributed by atoms with Gasteiger partial charge in [0.15, 0.2) is 0 Å². The number of likely N-dealkylation sites (tertiary alicyclic amines) is 2. The molecule has 4 heteroatoms. The van der Waals surface area contributed by atoms with Crippen LogP contribution in [-0.4, -0.2) is 44.1 Å². The van der Waals surface area contributed by atoms with Crippen LogP contribution in [0.2, 0.25) is 0 Å². The molecule has 1 unspecified atom stereocenters. The Kier molecular flexibility index (Phi) is 5.55. The maximum atomic E-state index is 12.7. The number of hydrogen-bond acceptors (Lipinski definition) is 2. The van der Waals surface area contributed by atoms with Crippen LogP contribution >= 0.6 is 0 Å². The first-order valence-corrected chi connectivity index (χ1v) is 9.01. The molecule has 2 atom stereocenters. The molecule has 0 aliphatic carbocycles. The highest BCUT2D eigenvalue weighted by atomic mass is 16.5. The smallest absolute Gasteiger partial charge is 0.231 e. The van der Waals surface area contributed by atoms with Gasteiger partial charge in [-0.05, 0) is 44.2 Å². The molecule has 1 aromatic carbocycles. The molecule has 0 saturated carbocycles. The van der Waals surface area contributed by atoms with Gasteiger partial charge in [-0.3, -0.25) is 4.79 Å². The van der Waals surface area contributed by atoms with Crippen molar-refractivity contribution in [1.29, 1.82) is 0 Å². The van der Waals surface area contributed by atoms with Crippen LogP contribution in [0.15, 0.2) is 24.3 Å². The van der Waals surface area contributed by atoms with E-state index in [0.29, 0.717) is 5.91 Å². The summed E-state index contributed by atoms with van der Waals surface area (Å²) in [4.78, 5) is 16.4. The number of carbonyl (C=O) groups excluding carboxylic acids is 1. The second-order valence-electron chi connectivity index (χ2n) is 6.96. The number of ether oxygens (including phenoxy) is 1. The number of rotatable bonds is 4. The molecule has 0 aromatic heterocycles. The topological polar surface area (TPSA) is 34.0 Å². The van der Waals surface area contributed by atoms with E-state index in [1.54, 1.807) is 7.11 Å². The van der Waals surface area contributed by atoms with Gasteiger partial charge < -0.3 is 14.5 Å². The summed E-state index contributed by atoms with van der Waals surface area (Å²) < 4.78 is 5.31. The number of amides is 1. The van der Waals surface area contributed by atoms with Gasteiger partial charge in [0.25, 0.3) is 0 Å². The zero-order chi connectivity index (χ0) is 16.1. The number of carbonyl (C=O) groups is 1. The lowest BCUT2D eigenvalue weighted by Gasteiger charge is -2.34. The number of methoxy groups -OCH3 is 1. The van der Waals surface area contributed by atoms with Gasteiger partial charge in [-0.15, -0.1) is 0 Å². The molecule has 3 rings (SSSR count). The van der Waals surface area contributed by atoms with E-state index in [1.807, 2.05) is 12.1 Å². The van der Waals surface area contributed by atoms with Crippen LogP contribution in [0.4, 0.5) is 0 Å². The quantitative estimate of drug-likeness (QED) is 0.913.